The third kappa shape index (κ3) is 5.96. The average molecular weight is 281 g/mol. The minimum atomic E-state index is -1.14. The number of rotatable bonds is 8. The summed E-state index contributed by atoms with van der Waals surface area (Å²) in [5.74, 6) is -2.81. The highest BCUT2D eigenvalue weighted by atomic mass is 16.5. The molecule has 1 rings (SSSR count). The molecule has 0 aliphatic carbocycles. The summed E-state index contributed by atoms with van der Waals surface area (Å²) in [6.45, 7) is -0.879. The number of esters is 1. The molecule has 0 amide bonds. The highest BCUT2D eigenvalue weighted by molar-refractivity contribution is 5.89. The first kappa shape index (κ1) is 15.6. The van der Waals surface area contributed by atoms with Crippen LogP contribution in [0, 0.1) is 0 Å². The number of carboxylic acid groups (broad SMARTS) is 2. The zero-order chi connectivity index (χ0) is 15.0. The molecule has 0 aliphatic rings. The Morgan fingerprint density at radius 2 is 1.55 bits per heavy atom. The maximum Gasteiger partial charge on any atom is 0.338 e. The molecular weight excluding hydrogens is 266 g/mol. The molecule has 0 saturated heterocycles. The largest absolute Gasteiger partial charge is 0.480 e. The van der Waals surface area contributed by atoms with Crippen molar-refractivity contribution in [2.45, 2.75) is 0 Å². The van der Waals surface area contributed by atoms with E-state index in [-0.39, 0.29) is 13.2 Å². The second-order valence-electron chi connectivity index (χ2n) is 4.00. The fourth-order valence-corrected chi connectivity index (χ4v) is 1.52. The summed E-state index contributed by atoms with van der Waals surface area (Å²) >= 11 is 0. The van der Waals surface area contributed by atoms with Crippen LogP contribution in [0.15, 0.2) is 30.3 Å². The summed E-state index contributed by atoms with van der Waals surface area (Å²) in [5.41, 5.74) is 0.385. The van der Waals surface area contributed by atoms with Crippen LogP contribution in [0.3, 0.4) is 0 Å². The maximum atomic E-state index is 11.6. The van der Waals surface area contributed by atoms with Crippen molar-refractivity contribution in [1.82, 2.24) is 4.90 Å². The van der Waals surface area contributed by atoms with E-state index in [2.05, 4.69) is 0 Å². The van der Waals surface area contributed by atoms with Gasteiger partial charge in [-0.1, -0.05) is 18.2 Å². The lowest BCUT2D eigenvalue weighted by Crippen LogP contribution is -2.37. The summed E-state index contributed by atoms with van der Waals surface area (Å²) in [6, 6.07) is 8.33. The van der Waals surface area contributed by atoms with E-state index in [1.165, 1.54) is 4.90 Å². The first-order valence-corrected chi connectivity index (χ1v) is 5.87. The normalized spacial score (nSPS) is 10.2. The molecule has 0 spiro atoms. The minimum absolute atomic E-state index is 0.0389. The third-order valence-electron chi connectivity index (χ3n) is 2.37. The van der Waals surface area contributed by atoms with Gasteiger partial charge in [-0.15, -0.1) is 0 Å². The molecule has 0 fully saturated rings. The molecule has 0 radical (unpaired) electrons. The molecule has 0 aliphatic heterocycles. The van der Waals surface area contributed by atoms with Gasteiger partial charge in [0.25, 0.3) is 0 Å². The third-order valence-corrected chi connectivity index (χ3v) is 2.37. The van der Waals surface area contributed by atoms with E-state index >= 15 is 0 Å². The monoisotopic (exact) mass is 281 g/mol. The summed E-state index contributed by atoms with van der Waals surface area (Å²) < 4.78 is 4.96. The predicted molar refractivity (Wildman–Crippen MR) is 68.4 cm³/mol. The fraction of sp³-hybridized carbons (Fsp3) is 0.308. The zero-order valence-electron chi connectivity index (χ0n) is 10.7. The van der Waals surface area contributed by atoms with Gasteiger partial charge in [0.15, 0.2) is 0 Å². The van der Waals surface area contributed by atoms with Crippen molar-refractivity contribution < 1.29 is 29.3 Å². The lowest BCUT2D eigenvalue weighted by molar-refractivity contribution is -0.141. The van der Waals surface area contributed by atoms with Crippen LogP contribution in [0.25, 0.3) is 0 Å². The Balaban J connectivity index is 2.41. The van der Waals surface area contributed by atoms with Crippen LogP contribution in [-0.2, 0) is 14.3 Å². The summed E-state index contributed by atoms with van der Waals surface area (Å²) in [4.78, 5) is 33.9. The topological polar surface area (TPSA) is 104 Å². The number of nitrogens with zero attached hydrogens (tertiary/aromatic N) is 1. The van der Waals surface area contributed by atoms with Gasteiger partial charge in [0.2, 0.25) is 0 Å². The molecule has 0 saturated carbocycles. The van der Waals surface area contributed by atoms with Gasteiger partial charge in [-0.3, -0.25) is 14.5 Å². The number of aliphatic carboxylic acids is 2. The van der Waals surface area contributed by atoms with Gasteiger partial charge in [0.1, 0.15) is 6.61 Å². The smallest absolute Gasteiger partial charge is 0.338 e. The Labute approximate surface area is 115 Å². The summed E-state index contributed by atoms with van der Waals surface area (Å²) in [5, 5.41) is 17.3. The Morgan fingerprint density at radius 3 is 2.05 bits per heavy atom. The fourth-order valence-electron chi connectivity index (χ4n) is 1.52. The summed E-state index contributed by atoms with van der Waals surface area (Å²) in [6.07, 6.45) is 0. The SMILES string of the molecule is O=C(O)CN(CCOC(=O)c1ccccc1)CC(=O)O. The van der Waals surface area contributed by atoms with Crippen LogP contribution >= 0.6 is 0 Å². The van der Waals surface area contributed by atoms with E-state index in [0.29, 0.717) is 5.56 Å². The van der Waals surface area contributed by atoms with Gasteiger partial charge in [-0.2, -0.15) is 0 Å². The van der Waals surface area contributed by atoms with Crippen molar-refractivity contribution in [1.29, 1.82) is 0 Å². The first-order valence-electron chi connectivity index (χ1n) is 5.87. The second-order valence-corrected chi connectivity index (χ2v) is 4.00. The van der Waals surface area contributed by atoms with E-state index < -0.39 is 31.0 Å². The molecule has 108 valence electrons. The molecule has 0 atom stereocenters. The van der Waals surface area contributed by atoms with E-state index in [4.69, 9.17) is 14.9 Å². The Hall–Kier alpha value is -2.41. The van der Waals surface area contributed by atoms with Crippen LogP contribution in [0.4, 0.5) is 0 Å². The van der Waals surface area contributed by atoms with Crippen molar-refractivity contribution in [3.05, 3.63) is 35.9 Å². The second kappa shape index (κ2) is 7.90. The minimum Gasteiger partial charge on any atom is -0.480 e. The van der Waals surface area contributed by atoms with Gasteiger partial charge >= 0.3 is 17.9 Å². The van der Waals surface area contributed by atoms with Gasteiger partial charge in [-0.25, -0.2) is 4.79 Å². The number of hydrogen-bond donors (Lipinski definition) is 2. The highest BCUT2D eigenvalue weighted by Gasteiger charge is 2.14. The van der Waals surface area contributed by atoms with Crippen LogP contribution < -0.4 is 0 Å². The molecule has 0 unspecified atom stereocenters. The lowest BCUT2D eigenvalue weighted by atomic mass is 10.2. The van der Waals surface area contributed by atoms with E-state index in [1.807, 2.05) is 0 Å². The Morgan fingerprint density at radius 1 is 1.00 bits per heavy atom. The average Bonchev–Trinajstić information content (AvgIpc) is 2.38. The number of carboxylic acids is 2. The molecule has 1 aromatic carbocycles. The van der Waals surface area contributed by atoms with E-state index in [9.17, 15) is 14.4 Å². The van der Waals surface area contributed by atoms with Gasteiger partial charge < -0.3 is 14.9 Å². The molecule has 7 nitrogen and oxygen atoms in total. The number of carbonyl (C=O) groups is 3. The van der Waals surface area contributed by atoms with Crippen LogP contribution in [-0.4, -0.2) is 59.3 Å². The maximum absolute atomic E-state index is 11.6. The van der Waals surface area contributed by atoms with Crippen molar-refractivity contribution in [2.24, 2.45) is 0 Å². The molecule has 0 heterocycles. The molecular formula is C13H15NO6. The van der Waals surface area contributed by atoms with Crippen LogP contribution in [0.2, 0.25) is 0 Å². The van der Waals surface area contributed by atoms with E-state index in [1.54, 1.807) is 30.3 Å². The lowest BCUT2D eigenvalue weighted by Gasteiger charge is -2.17. The van der Waals surface area contributed by atoms with Crippen LogP contribution in [0.5, 0.6) is 0 Å². The molecule has 0 bridgehead atoms. The Kier molecular flexibility index (Phi) is 6.18. The van der Waals surface area contributed by atoms with Gasteiger partial charge in [0, 0.05) is 6.54 Å². The number of ether oxygens (including phenoxy) is 1. The number of hydrogen-bond acceptors (Lipinski definition) is 5. The molecule has 1 aromatic rings. The molecule has 20 heavy (non-hydrogen) atoms. The van der Waals surface area contributed by atoms with Crippen LogP contribution in [0.1, 0.15) is 10.4 Å². The van der Waals surface area contributed by atoms with Crippen molar-refractivity contribution in [2.75, 3.05) is 26.2 Å². The quantitative estimate of drug-likeness (QED) is 0.661. The molecule has 0 aromatic heterocycles. The summed E-state index contributed by atoms with van der Waals surface area (Å²) in [7, 11) is 0. The Bertz CT molecular complexity index is 457. The zero-order valence-corrected chi connectivity index (χ0v) is 10.7. The number of benzene rings is 1. The van der Waals surface area contributed by atoms with E-state index in [0.717, 1.165) is 0 Å². The molecule has 7 heteroatoms. The van der Waals surface area contributed by atoms with Crippen molar-refractivity contribution >= 4 is 17.9 Å². The predicted octanol–water partition coefficient (Wildman–Crippen LogP) is 0.315. The number of carbonyl (C=O) groups excluding carboxylic acids is 1. The van der Waals surface area contributed by atoms with Crippen molar-refractivity contribution in [3.63, 3.8) is 0 Å². The van der Waals surface area contributed by atoms with Crippen molar-refractivity contribution in [3.8, 4) is 0 Å². The molecule has 2 N–H and O–H groups in total. The highest BCUT2D eigenvalue weighted by Crippen LogP contribution is 2.01. The van der Waals surface area contributed by atoms with Gasteiger partial charge in [-0.05, 0) is 12.1 Å². The van der Waals surface area contributed by atoms with Gasteiger partial charge in [0.05, 0.1) is 18.7 Å². The first-order chi connectivity index (χ1) is 9.49. The standard InChI is InChI=1S/C13H15NO6/c15-11(16)8-14(9-12(17)18)6-7-20-13(19)10-4-2-1-3-5-10/h1-5H,6-9H2,(H,15,16)(H,17,18).